The van der Waals surface area contributed by atoms with Crippen molar-refractivity contribution >= 4 is 5.91 Å². The predicted octanol–water partition coefficient (Wildman–Crippen LogP) is 1.23. The maximum Gasteiger partial charge on any atom is 0.271 e. The van der Waals surface area contributed by atoms with Crippen LogP contribution in [0.5, 0.6) is 0 Å². The number of carbonyl (C=O) groups is 1. The molecule has 1 aliphatic rings. The number of aliphatic hydroxyl groups excluding tert-OH is 1. The zero-order valence-electron chi connectivity index (χ0n) is 10.8. The Hall–Kier alpha value is -1.36. The molecule has 0 bridgehead atoms. The molecule has 0 radical (unpaired) electrons. The van der Waals surface area contributed by atoms with Crippen molar-refractivity contribution in [3.05, 3.63) is 18.2 Å². The van der Waals surface area contributed by atoms with Gasteiger partial charge in [0.25, 0.3) is 5.91 Å². The molecule has 1 fully saturated rings. The van der Waals surface area contributed by atoms with Gasteiger partial charge >= 0.3 is 0 Å². The standard InChI is InChI=1S/C13H21N3O2/c1-16-8-11(14-9-16)13(18)15-10-6-4-2-3-5-7-12(10)17/h8-10,12,17H,2-7H2,1H3,(H,15,18)/t10-,12-/m0/s1. The monoisotopic (exact) mass is 251 g/mol. The summed E-state index contributed by atoms with van der Waals surface area (Å²) in [5.41, 5.74) is 0.409. The van der Waals surface area contributed by atoms with Crippen LogP contribution in [0.4, 0.5) is 0 Å². The number of carbonyl (C=O) groups excluding carboxylic acids is 1. The summed E-state index contributed by atoms with van der Waals surface area (Å²) in [7, 11) is 1.83. The Labute approximate surface area is 107 Å². The van der Waals surface area contributed by atoms with Gasteiger partial charge in [0, 0.05) is 13.2 Å². The van der Waals surface area contributed by atoms with Gasteiger partial charge in [0.1, 0.15) is 5.69 Å². The van der Waals surface area contributed by atoms with E-state index in [1.54, 1.807) is 17.1 Å². The fourth-order valence-corrected chi connectivity index (χ4v) is 2.41. The third kappa shape index (κ3) is 3.32. The van der Waals surface area contributed by atoms with E-state index in [4.69, 9.17) is 0 Å². The van der Waals surface area contributed by atoms with Crippen LogP contribution < -0.4 is 5.32 Å². The SMILES string of the molecule is Cn1cnc(C(=O)N[C@H]2CCCCCC[C@@H]2O)c1. The Balaban J connectivity index is 1.95. The van der Waals surface area contributed by atoms with E-state index in [2.05, 4.69) is 10.3 Å². The highest BCUT2D eigenvalue weighted by molar-refractivity contribution is 5.92. The molecular weight excluding hydrogens is 230 g/mol. The first kappa shape index (κ1) is 13.1. The van der Waals surface area contributed by atoms with Crippen molar-refractivity contribution in [2.45, 2.75) is 50.7 Å². The normalized spacial score (nSPS) is 25.2. The van der Waals surface area contributed by atoms with Crippen molar-refractivity contribution in [1.29, 1.82) is 0 Å². The summed E-state index contributed by atoms with van der Waals surface area (Å²) in [5.74, 6) is -0.194. The van der Waals surface area contributed by atoms with Crippen molar-refractivity contribution in [1.82, 2.24) is 14.9 Å². The lowest BCUT2D eigenvalue weighted by molar-refractivity contribution is 0.0767. The van der Waals surface area contributed by atoms with Gasteiger partial charge in [-0.15, -0.1) is 0 Å². The molecule has 5 nitrogen and oxygen atoms in total. The molecule has 5 heteroatoms. The Morgan fingerprint density at radius 3 is 2.78 bits per heavy atom. The molecule has 0 spiro atoms. The van der Waals surface area contributed by atoms with Crippen LogP contribution in [0.1, 0.15) is 49.0 Å². The zero-order chi connectivity index (χ0) is 13.0. The number of aromatic nitrogens is 2. The minimum absolute atomic E-state index is 0.139. The highest BCUT2D eigenvalue weighted by atomic mass is 16.3. The maximum absolute atomic E-state index is 12.0. The molecule has 0 aliphatic heterocycles. The Bertz CT molecular complexity index is 403. The smallest absolute Gasteiger partial charge is 0.271 e. The third-order valence-electron chi connectivity index (χ3n) is 3.48. The lowest BCUT2D eigenvalue weighted by Crippen LogP contribution is -2.43. The largest absolute Gasteiger partial charge is 0.391 e. The van der Waals surface area contributed by atoms with Gasteiger partial charge in [0.15, 0.2) is 0 Å². The second-order valence-electron chi connectivity index (χ2n) is 5.06. The Kier molecular flexibility index (Phi) is 4.36. The molecule has 18 heavy (non-hydrogen) atoms. The zero-order valence-corrected chi connectivity index (χ0v) is 10.8. The van der Waals surface area contributed by atoms with Crippen molar-refractivity contribution < 1.29 is 9.90 Å². The second-order valence-corrected chi connectivity index (χ2v) is 5.06. The maximum atomic E-state index is 12.0. The van der Waals surface area contributed by atoms with Crippen molar-refractivity contribution in [2.24, 2.45) is 7.05 Å². The van der Waals surface area contributed by atoms with Crippen LogP contribution in [-0.4, -0.2) is 32.7 Å². The van der Waals surface area contributed by atoms with Gasteiger partial charge in [-0.05, 0) is 12.8 Å². The van der Waals surface area contributed by atoms with E-state index in [0.29, 0.717) is 5.69 Å². The highest BCUT2D eigenvalue weighted by Gasteiger charge is 2.23. The Morgan fingerprint density at radius 2 is 2.11 bits per heavy atom. The second kappa shape index (κ2) is 6.00. The number of imidazole rings is 1. The van der Waals surface area contributed by atoms with Gasteiger partial charge < -0.3 is 15.0 Å². The molecule has 0 unspecified atom stereocenters. The lowest BCUT2D eigenvalue weighted by atomic mass is 9.94. The van der Waals surface area contributed by atoms with E-state index in [0.717, 1.165) is 25.7 Å². The van der Waals surface area contributed by atoms with E-state index < -0.39 is 6.10 Å². The third-order valence-corrected chi connectivity index (χ3v) is 3.48. The van der Waals surface area contributed by atoms with Gasteiger partial charge in [-0.3, -0.25) is 4.79 Å². The molecule has 1 saturated carbocycles. The van der Waals surface area contributed by atoms with Crippen LogP contribution >= 0.6 is 0 Å². The first-order valence-corrected chi connectivity index (χ1v) is 6.63. The number of nitrogens with zero attached hydrogens (tertiary/aromatic N) is 2. The summed E-state index contributed by atoms with van der Waals surface area (Å²) >= 11 is 0. The molecule has 2 rings (SSSR count). The van der Waals surface area contributed by atoms with Crippen molar-refractivity contribution in [3.63, 3.8) is 0 Å². The molecule has 100 valence electrons. The van der Waals surface area contributed by atoms with Gasteiger partial charge in [-0.25, -0.2) is 4.98 Å². The Morgan fingerprint density at radius 1 is 1.39 bits per heavy atom. The molecule has 2 atom stereocenters. The summed E-state index contributed by atoms with van der Waals surface area (Å²) in [6, 6.07) is -0.139. The molecule has 0 saturated heterocycles. The van der Waals surface area contributed by atoms with Crippen LogP contribution in [0.2, 0.25) is 0 Å². The average molecular weight is 251 g/mol. The first-order valence-electron chi connectivity index (χ1n) is 6.63. The molecule has 1 aromatic heterocycles. The van der Waals surface area contributed by atoms with E-state index in [9.17, 15) is 9.90 Å². The van der Waals surface area contributed by atoms with Crippen molar-refractivity contribution in [2.75, 3.05) is 0 Å². The number of nitrogens with one attached hydrogen (secondary N) is 1. The molecule has 0 aromatic carbocycles. The summed E-state index contributed by atoms with van der Waals surface area (Å²) in [5, 5.41) is 12.9. The van der Waals surface area contributed by atoms with Gasteiger partial charge in [-0.1, -0.05) is 25.7 Å². The first-order chi connectivity index (χ1) is 8.66. The lowest BCUT2D eigenvalue weighted by Gasteiger charge is -2.25. The fraction of sp³-hybridized carbons (Fsp3) is 0.692. The minimum atomic E-state index is -0.432. The highest BCUT2D eigenvalue weighted by Crippen LogP contribution is 2.18. The van der Waals surface area contributed by atoms with E-state index >= 15 is 0 Å². The van der Waals surface area contributed by atoms with Crippen LogP contribution in [0.3, 0.4) is 0 Å². The van der Waals surface area contributed by atoms with Crippen molar-refractivity contribution in [3.8, 4) is 0 Å². The molecule has 1 aliphatic carbocycles. The number of rotatable bonds is 2. The molecule has 2 N–H and O–H groups in total. The number of hydrogen-bond acceptors (Lipinski definition) is 3. The van der Waals surface area contributed by atoms with Crippen LogP contribution in [0.15, 0.2) is 12.5 Å². The van der Waals surface area contributed by atoms with Crippen LogP contribution in [-0.2, 0) is 7.05 Å². The van der Waals surface area contributed by atoms with Crippen LogP contribution in [0, 0.1) is 0 Å². The van der Waals surface area contributed by atoms with E-state index in [1.165, 1.54) is 12.8 Å². The summed E-state index contributed by atoms with van der Waals surface area (Å²) in [6.45, 7) is 0. The topological polar surface area (TPSA) is 67.2 Å². The molecule has 1 amide bonds. The van der Waals surface area contributed by atoms with Gasteiger partial charge in [0.05, 0.1) is 18.5 Å². The minimum Gasteiger partial charge on any atom is -0.391 e. The molecule has 1 aromatic rings. The number of hydrogen-bond donors (Lipinski definition) is 2. The van der Waals surface area contributed by atoms with E-state index in [-0.39, 0.29) is 11.9 Å². The number of aliphatic hydroxyl groups is 1. The summed E-state index contributed by atoms with van der Waals surface area (Å²) in [4.78, 5) is 16.0. The van der Waals surface area contributed by atoms with Crippen LogP contribution in [0.25, 0.3) is 0 Å². The predicted molar refractivity (Wildman–Crippen MR) is 68.2 cm³/mol. The average Bonchev–Trinajstić information content (AvgIpc) is 2.75. The molecule has 1 heterocycles. The quantitative estimate of drug-likeness (QED) is 0.831. The van der Waals surface area contributed by atoms with E-state index in [1.807, 2.05) is 7.05 Å². The molecular formula is C13H21N3O2. The summed E-state index contributed by atoms with van der Waals surface area (Å²) in [6.07, 6.45) is 8.93. The summed E-state index contributed by atoms with van der Waals surface area (Å²) < 4.78 is 1.74. The number of aryl methyl sites for hydroxylation is 1. The van der Waals surface area contributed by atoms with Gasteiger partial charge in [-0.2, -0.15) is 0 Å². The van der Waals surface area contributed by atoms with Gasteiger partial charge in [0.2, 0.25) is 0 Å². The number of amides is 1. The fourth-order valence-electron chi connectivity index (χ4n) is 2.41.